The van der Waals surface area contributed by atoms with Crippen molar-refractivity contribution >= 4 is 17.6 Å². The Morgan fingerprint density at radius 2 is 2.16 bits per heavy atom. The van der Waals surface area contributed by atoms with Gasteiger partial charge in [-0.3, -0.25) is 4.79 Å². The van der Waals surface area contributed by atoms with Crippen molar-refractivity contribution in [3.63, 3.8) is 0 Å². The number of carbonyl (C=O) groups excluding carboxylic acids is 2. The van der Waals surface area contributed by atoms with Crippen LogP contribution < -0.4 is 10.6 Å². The number of anilines is 1. The fourth-order valence-corrected chi connectivity index (χ4v) is 3.71. The lowest BCUT2D eigenvalue weighted by molar-refractivity contribution is -0.121. The van der Waals surface area contributed by atoms with Crippen LogP contribution in [0.4, 0.5) is 10.5 Å². The van der Waals surface area contributed by atoms with Crippen LogP contribution >= 0.6 is 0 Å². The van der Waals surface area contributed by atoms with Crippen molar-refractivity contribution in [1.82, 2.24) is 15.1 Å². The Morgan fingerprint density at radius 1 is 1.40 bits per heavy atom. The Bertz CT molecular complexity index is 648. The minimum Gasteiger partial charge on any atom is -0.334 e. The van der Waals surface area contributed by atoms with Gasteiger partial charge in [-0.25, -0.2) is 4.79 Å². The summed E-state index contributed by atoms with van der Waals surface area (Å²) in [6.45, 7) is 6.37. The van der Waals surface area contributed by atoms with Crippen LogP contribution in [0, 0.1) is 5.92 Å². The van der Waals surface area contributed by atoms with E-state index in [1.165, 1.54) is 0 Å². The molecule has 2 aliphatic heterocycles. The second-order valence-corrected chi connectivity index (χ2v) is 7.30. The largest absolute Gasteiger partial charge is 0.334 e. The monoisotopic (exact) mass is 344 g/mol. The molecule has 6 heteroatoms. The number of nitrogens with zero attached hydrogens (tertiary/aromatic N) is 2. The number of fused-ring (bicyclic) bond motifs is 1. The predicted octanol–water partition coefficient (Wildman–Crippen LogP) is 2.27. The summed E-state index contributed by atoms with van der Waals surface area (Å²) in [5.74, 6) is -0.00990. The summed E-state index contributed by atoms with van der Waals surface area (Å²) >= 11 is 0. The highest BCUT2D eigenvalue weighted by Gasteiger charge is 2.37. The van der Waals surface area contributed by atoms with Gasteiger partial charge in [-0.15, -0.1) is 0 Å². The van der Waals surface area contributed by atoms with E-state index in [1.54, 1.807) is 4.90 Å². The van der Waals surface area contributed by atoms with Gasteiger partial charge in [-0.1, -0.05) is 38.5 Å². The van der Waals surface area contributed by atoms with Crippen molar-refractivity contribution in [3.05, 3.63) is 29.8 Å². The molecule has 0 spiro atoms. The Labute approximate surface area is 149 Å². The number of carbonyl (C=O) groups is 2. The molecule has 1 fully saturated rings. The van der Waals surface area contributed by atoms with E-state index in [2.05, 4.69) is 29.5 Å². The smallest absolute Gasteiger partial charge is 0.318 e. The van der Waals surface area contributed by atoms with E-state index in [-0.39, 0.29) is 23.9 Å². The number of nitrogens with one attached hydrogen (secondary N) is 2. The van der Waals surface area contributed by atoms with E-state index in [9.17, 15) is 9.59 Å². The summed E-state index contributed by atoms with van der Waals surface area (Å²) in [7, 11) is 2.06. The van der Waals surface area contributed by atoms with Crippen LogP contribution in [-0.4, -0.2) is 54.0 Å². The number of likely N-dealkylation sites (N-methyl/N-ethyl adjacent to an activating group) is 1. The molecule has 2 aliphatic rings. The van der Waals surface area contributed by atoms with Gasteiger partial charge in [-0.05, 0) is 37.6 Å². The highest BCUT2D eigenvalue weighted by atomic mass is 16.2. The topological polar surface area (TPSA) is 64.7 Å². The summed E-state index contributed by atoms with van der Waals surface area (Å²) in [6.07, 6.45) is 1.79. The van der Waals surface area contributed by atoms with E-state index in [0.29, 0.717) is 6.54 Å². The predicted molar refractivity (Wildman–Crippen MR) is 98.3 cm³/mol. The second kappa shape index (κ2) is 7.44. The molecule has 0 unspecified atom stereocenters. The van der Waals surface area contributed by atoms with Gasteiger partial charge in [0.2, 0.25) is 5.91 Å². The second-order valence-electron chi connectivity index (χ2n) is 7.30. The molecule has 0 aliphatic carbocycles. The summed E-state index contributed by atoms with van der Waals surface area (Å²) in [5, 5.41) is 6.14. The first-order chi connectivity index (χ1) is 12.0. The van der Waals surface area contributed by atoms with E-state index >= 15 is 0 Å². The lowest BCUT2D eigenvalue weighted by atomic mass is 9.97. The first-order valence-corrected chi connectivity index (χ1v) is 9.14. The van der Waals surface area contributed by atoms with Crippen LogP contribution in [0.2, 0.25) is 0 Å². The molecule has 0 saturated carbocycles. The minimum atomic E-state index is -0.462. The lowest BCUT2D eigenvalue weighted by Gasteiger charge is -2.33. The quantitative estimate of drug-likeness (QED) is 0.884. The van der Waals surface area contributed by atoms with Crippen molar-refractivity contribution in [1.29, 1.82) is 0 Å². The van der Waals surface area contributed by atoms with Gasteiger partial charge < -0.3 is 20.4 Å². The van der Waals surface area contributed by atoms with Crippen LogP contribution in [0.5, 0.6) is 0 Å². The fourth-order valence-electron chi connectivity index (χ4n) is 3.71. The van der Waals surface area contributed by atoms with Crippen molar-refractivity contribution < 1.29 is 9.59 Å². The Kier molecular flexibility index (Phi) is 5.27. The van der Waals surface area contributed by atoms with Crippen LogP contribution in [0.25, 0.3) is 0 Å². The molecule has 3 rings (SSSR count). The summed E-state index contributed by atoms with van der Waals surface area (Å²) < 4.78 is 0. The number of benzene rings is 1. The number of amides is 3. The fraction of sp³-hybridized carbons (Fsp3) is 0.579. The van der Waals surface area contributed by atoms with Gasteiger partial charge in [-0.2, -0.15) is 0 Å². The molecule has 3 amide bonds. The zero-order valence-electron chi connectivity index (χ0n) is 15.3. The molecule has 25 heavy (non-hydrogen) atoms. The standard InChI is InChI=1S/C19H28N4O2/c1-4-13(2)17-18(24)21-16-8-6-5-7-14(16)11-23(17)19(25)20-15-9-10-22(3)12-15/h5-8,13,15,17H,4,9-12H2,1-3H3,(H,20,25)(H,21,24)/t13-,15+,17-/m0/s1. The van der Waals surface area contributed by atoms with Crippen molar-refractivity contribution in [2.75, 3.05) is 25.5 Å². The summed E-state index contributed by atoms with van der Waals surface area (Å²) in [4.78, 5) is 29.8. The molecule has 1 aromatic rings. The number of urea groups is 1. The van der Waals surface area contributed by atoms with E-state index in [0.717, 1.165) is 37.2 Å². The van der Waals surface area contributed by atoms with Crippen molar-refractivity contribution in [2.45, 2.75) is 45.3 Å². The average molecular weight is 344 g/mol. The third-order valence-corrected chi connectivity index (χ3v) is 5.38. The molecule has 0 aromatic heterocycles. The van der Waals surface area contributed by atoms with Gasteiger partial charge in [0.15, 0.2) is 0 Å². The highest BCUT2D eigenvalue weighted by molar-refractivity contribution is 5.98. The normalized spacial score (nSPS) is 25.1. The van der Waals surface area contributed by atoms with Crippen LogP contribution in [0.15, 0.2) is 24.3 Å². The molecule has 6 nitrogen and oxygen atoms in total. The van der Waals surface area contributed by atoms with E-state index in [4.69, 9.17) is 0 Å². The molecule has 2 N–H and O–H groups in total. The molecule has 2 heterocycles. The summed E-state index contributed by atoms with van der Waals surface area (Å²) in [5.41, 5.74) is 1.78. The Morgan fingerprint density at radius 3 is 2.84 bits per heavy atom. The number of likely N-dealkylation sites (tertiary alicyclic amines) is 1. The molecule has 1 saturated heterocycles. The molecule has 1 aromatic carbocycles. The van der Waals surface area contributed by atoms with Crippen molar-refractivity contribution in [3.8, 4) is 0 Å². The molecule has 0 bridgehead atoms. The molecular weight excluding hydrogens is 316 g/mol. The van der Waals surface area contributed by atoms with Gasteiger partial charge in [0.25, 0.3) is 0 Å². The molecule has 0 radical (unpaired) electrons. The van der Waals surface area contributed by atoms with Crippen molar-refractivity contribution in [2.24, 2.45) is 5.92 Å². The average Bonchev–Trinajstić information content (AvgIpc) is 2.92. The molecule has 136 valence electrons. The van der Waals surface area contributed by atoms with Gasteiger partial charge >= 0.3 is 6.03 Å². The number of para-hydroxylation sites is 1. The first kappa shape index (κ1) is 17.7. The highest BCUT2D eigenvalue weighted by Crippen LogP contribution is 2.27. The van der Waals surface area contributed by atoms with E-state index < -0.39 is 6.04 Å². The Hall–Kier alpha value is -2.08. The maximum absolute atomic E-state index is 13.0. The van der Waals surface area contributed by atoms with Gasteiger partial charge in [0, 0.05) is 18.3 Å². The van der Waals surface area contributed by atoms with Gasteiger partial charge in [0.05, 0.1) is 6.54 Å². The number of hydrogen-bond acceptors (Lipinski definition) is 3. The third-order valence-electron chi connectivity index (χ3n) is 5.38. The maximum atomic E-state index is 13.0. The van der Waals surface area contributed by atoms with E-state index in [1.807, 2.05) is 31.2 Å². The number of rotatable bonds is 3. The van der Waals surface area contributed by atoms with Crippen LogP contribution in [0.3, 0.4) is 0 Å². The molecular formula is C19H28N4O2. The lowest BCUT2D eigenvalue weighted by Crippen LogP contribution is -2.54. The van der Waals surface area contributed by atoms with Crippen LogP contribution in [0.1, 0.15) is 32.3 Å². The zero-order valence-corrected chi connectivity index (χ0v) is 15.3. The zero-order chi connectivity index (χ0) is 18.0. The Balaban J connectivity index is 1.85. The number of hydrogen-bond donors (Lipinski definition) is 2. The SMILES string of the molecule is CC[C@H](C)[C@H]1C(=O)Nc2ccccc2CN1C(=O)N[C@@H]1CCN(C)C1. The third kappa shape index (κ3) is 3.79. The maximum Gasteiger partial charge on any atom is 0.318 e. The minimum absolute atomic E-state index is 0.0892. The first-order valence-electron chi connectivity index (χ1n) is 9.14. The summed E-state index contributed by atoms with van der Waals surface area (Å²) in [6, 6.07) is 7.26. The molecule has 3 atom stereocenters. The van der Waals surface area contributed by atoms with Gasteiger partial charge in [0.1, 0.15) is 6.04 Å². The van der Waals surface area contributed by atoms with Crippen LogP contribution in [-0.2, 0) is 11.3 Å².